The van der Waals surface area contributed by atoms with E-state index in [9.17, 15) is 26.4 Å². The van der Waals surface area contributed by atoms with E-state index in [1.807, 2.05) is 0 Å². The zero-order chi connectivity index (χ0) is 18.8. The number of carbonyl (C=O) groups excluding carboxylic acids is 1. The Morgan fingerprint density at radius 1 is 1.24 bits per heavy atom. The van der Waals surface area contributed by atoms with Gasteiger partial charge in [0.1, 0.15) is 11.3 Å². The molecule has 1 aromatic heterocycles. The summed E-state index contributed by atoms with van der Waals surface area (Å²) < 4.78 is 67.5. The summed E-state index contributed by atoms with van der Waals surface area (Å²) in [6.45, 7) is 0. The van der Waals surface area contributed by atoms with Gasteiger partial charge in [0.15, 0.2) is 0 Å². The summed E-state index contributed by atoms with van der Waals surface area (Å²) in [6.07, 6.45) is -3.81. The van der Waals surface area contributed by atoms with E-state index < -0.39 is 38.5 Å². The van der Waals surface area contributed by atoms with Crippen LogP contribution in [0.4, 0.5) is 13.2 Å². The number of alkyl halides is 3. The van der Waals surface area contributed by atoms with Crippen LogP contribution in [0.2, 0.25) is 0 Å². The van der Waals surface area contributed by atoms with Crippen molar-refractivity contribution in [3.63, 3.8) is 0 Å². The Labute approximate surface area is 140 Å². The first kappa shape index (κ1) is 18.6. The van der Waals surface area contributed by atoms with Gasteiger partial charge in [-0.2, -0.15) is 18.2 Å². The van der Waals surface area contributed by atoms with Crippen LogP contribution in [0.5, 0.6) is 11.6 Å². The van der Waals surface area contributed by atoms with Crippen LogP contribution in [0, 0.1) is 0 Å². The molecule has 1 amide bonds. The Morgan fingerprint density at radius 3 is 2.44 bits per heavy atom. The number of sulfone groups is 1. The molecule has 0 spiro atoms. The van der Waals surface area contributed by atoms with E-state index in [-0.39, 0.29) is 11.3 Å². The molecule has 2 aromatic rings. The molecule has 2 rings (SSSR count). The molecule has 0 saturated carbocycles. The number of benzene rings is 1. The molecule has 1 heterocycles. The molecule has 11 heteroatoms. The zero-order valence-corrected chi connectivity index (χ0v) is 13.8. The molecule has 0 unspecified atom stereocenters. The summed E-state index contributed by atoms with van der Waals surface area (Å²) in [5.41, 5.74) is -1.41. The van der Waals surface area contributed by atoms with E-state index in [1.54, 1.807) is 0 Å². The number of ether oxygens (including phenoxy) is 1. The number of rotatable bonds is 4. The van der Waals surface area contributed by atoms with Gasteiger partial charge >= 0.3 is 6.18 Å². The van der Waals surface area contributed by atoms with Gasteiger partial charge in [-0.3, -0.25) is 4.79 Å². The number of nitrogens with zero attached hydrogens (tertiary/aromatic N) is 2. The lowest BCUT2D eigenvalue weighted by molar-refractivity contribution is -0.139. The lowest BCUT2D eigenvalue weighted by Crippen LogP contribution is -2.19. The van der Waals surface area contributed by atoms with Gasteiger partial charge in [-0.05, 0) is 12.1 Å². The Kier molecular flexibility index (Phi) is 4.97. The second kappa shape index (κ2) is 6.67. The fourth-order valence-electron chi connectivity index (χ4n) is 1.78. The minimum atomic E-state index is -4.88. The van der Waals surface area contributed by atoms with Crippen molar-refractivity contribution < 1.29 is 31.1 Å². The third kappa shape index (κ3) is 4.24. The fourth-order valence-corrected chi connectivity index (χ4v) is 2.28. The van der Waals surface area contributed by atoms with Gasteiger partial charge in [-0.15, -0.1) is 0 Å². The van der Waals surface area contributed by atoms with Crippen LogP contribution in [0.3, 0.4) is 0 Å². The van der Waals surface area contributed by atoms with Crippen molar-refractivity contribution in [2.24, 2.45) is 0 Å². The maximum atomic E-state index is 13.1. The van der Waals surface area contributed by atoms with Crippen LogP contribution >= 0.6 is 0 Å². The number of amides is 1. The highest BCUT2D eigenvalue weighted by molar-refractivity contribution is 7.90. The smallest absolute Gasteiger partial charge is 0.423 e. The summed E-state index contributed by atoms with van der Waals surface area (Å²) in [6, 6.07) is 5.52. The van der Waals surface area contributed by atoms with Crippen LogP contribution in [0.1, 0.15) is 15.9 Å². The number of hydrogen-bond acceptors (Lipinski definition) is 6. The standard InChI is InChI=1S/C14H12F3N3O4S/c1-18-11(21)8-5-3-4-6-10(8)24-12-9(14(15,16)17)7-19-13(20-12)25(2,22)23/h3-7H,1-2H3,(H,18,21). The Balaban J connectivity index is 2.60. The molecule has 0 aliphatic heterocycles. The van der Waals surface area contributed by atoms with Crippen LogP contribution in [0.15, 0.2) is 35.6 Å². The molecular weight excluding hydrogens is 363 g/mol. The first-order valence-corrected chi connectivity index (χ1v) is 8.56. The van der Waals surface area contributed by atoms with Gasteiger partial charge in [0.25, 0.3) is 5.91 Å². The second-order valence-corrected chi connectivity index (χ2v) is 6.73. The third-order valence-electron chi connectivity index (χ3n) is 2.93. The van der Waals surface area contributed by atoms with Crippen LogP contribution in [-0.2, 0) is 16.0 Å². The molecule has 134 valence electrons. The minimum absolute atomic E-state index is 0.0438. The monoisotopic (exact) mass is 375 g/mol. The van der Waals surface area contributed by atoms with E-state index in [1.165, 1.54) is 31.3 Å². The molecule has 0 radical (unpaired) electrons. The number of carbonyl (C=O) groups is 1. The first-order chi connectivity index (χ1) is 11.5. The molecule has 0 aliphatic carbocycles. The minimum Gasteiger partial charge on any atom is -0.437 e. The molecular formula is C14H12F3N3O4S. The van der Waals surface area contributed by atoms with Crippen LogP contribution < -0.4 is 10.1 Å². The largest absolute Gasteiger partial charge is 0.437 e. The number of halogens is 3. The van der Waals surface area contributed by atoms with E-state index >= 15 is 0 Å². The van der Waals surface area contributed by atoms with E-state index in [0.717, 1.165) is 6.26 Å². The molecule has 0 bridgehead atoms. The van der Waals surface area contributed by atoms with Gasteiger partial charge in [-0.1, -0.05) is 12.1 Å². The maximum absolute atomic E-state index is 13.1. The second-order valence-electron chi connectivity index (χ2n) is 4.82. The van der Waals surface area contributed by atoms with Gasteiger partial charge in [0, 0.05) is 19.5 Å². The SMILES string of the molecule is CNC(=O)c1ccccc1Oc1nc(S(C)(=O)=O)ncc1C(F)(F)F. The first-order valence-electron chi connectivity index (χ1n) is 6.67. The van der Waals surface area contributed by atoms with Crippen molar-refractivity contribution in [3.05, 3.63) is 41.6 Å². The van der Waals surface area contributed by atoms with Crippen LogP contribution in [0.25, 0.3) is 0 Å². The van der Waals surface area contributed by atoms with Gasteiger partial charge in [-0.25, -0.2) is 13.4 Å². The average Bonchev–Trinajstić information content (AvgIpc) is 2.52. The van der Waals surface area contributed by atoms with Crippen LogP contribution in [-0.4, -0.2) is 37.6 Å². The van der Waals surface area contributed by atoms with Crippen molar-refractivity contribution >= 4 is 15.7 Å². The average molecular weight is 375 g/mol. The summed E-state index contributed by atoms with van der Waals surface area (Å²) in [4.78, 5) is 18.4. The molecule has 0 saturated heterocycles. The highest BCUT2D eigenvalue weighted by atomic mass is 32.2. The van der Waals surface area contributed by atoms with Gasteiger partial charge < -0.3 is 10.1 Å². The Morgan fingerprint density at radius 2 is 1.88 bits per heavy atom. The molecule has 7 nitrogen and oxygen atoms in total. The lowest BCUT2D eigenvalue weighted by Gasteiger charge is -2.14. The number of hydrogen-bond donors (Lipinski definition) is 1. The predicted octanol–water partition coefficient (Wildman–Crippen LogP) is 2.05. The number of aromatic nitrogens is 2. The molecule has 0 atom stereocenters. The number of nitrogens with one attached hydrogen (secondary N) is 1. The highest BCUT2D eigenvalue weighted by Gasteiger charge is 2.37. The van der Waals surface area contributed by atoms with Crippen molar-refractivity contribution in [3.8, 4) is 11.6 Å². The lowest BCUT2D eigenvalue weighted by atomic mass is 10.2. The molecule has 1 aromatic carbocycles. The van der Waals surface area contributed by atoms with Gasteiger partial charge in [0.2, 0.25) is 20.9 Å². The third-order valence-corrected chi connectivity index (χ3v) is 3.79. The fraction of sp³-hybridized carbons (Fsp3) is 0.214. The molecule has 25 heavy (non-hydrogen) atoms. The topological polar surface area (TPSA) is 98.2 Å². The summed E-state index contributed by atoms with van der Waals surface area (Å²) >= 11 is 0. The molecule has 1 N–H and O–H groups in total. The summed E-state index contributed by atoms with van der Waals surface area (Å²) in [7, 11) is -2.62. The number of para-hydroxylation sites is 1. The van der Waals surface area contributed by atoms with E-state index in [2.05, 4.69) is 15.3 Å². The summed E-state index contributed by atoms with van der Waals surface area (Å²) in [5.74, 6) is -1.83. The molecule has 0 fully saturated rings. The van der Waals surface area contributed by atoms with Crippen molar-refractivity contribution in [2.45, 2.75) is 11.3 Å². The quantitative estimate of drug-likeness (QED) is 0.822. The Hall–Kier alpha value is -2.69. The van der Waals surface area contributed by atoms with E-state index in [4.69, 9.17) is 4.74 Å². The van der Waals surface area contributed by atoms with Crippen molar-refractivity contribution in [1.82, 2.24) is 15.3 Å². The predicted molar refractivity (Wildman–Crippen MR) is 80.1 cm³/mol. The van der Waals surface area contributed by atoms with E-state index in [0.29, 0.717) is 6.20 Å². The van der Waals surface area contributed by atoms with Gasteiger partial charge in [0.05, 0.1) is 5.56 Å². The summed E-state index contributed by atoms with van der Waals surface area (Å²) in [5, 5.41) is 1.49. The highest BCUT2D eigenvalue weighted by Crippen LogP contribution is 2.37. The maximum Gasteiger partial charge on any atom is 0.423 e. The Bertz CT molecular complexity index is 914. The normalized spacial score (nSPS) is 11.9. The molecule has 0 aliphatic rings. The zero-order valence-electron chi connectivity index (χ0n) is 13.0. The van der Waals surface area contributed by atoms with Crippen molar-refractivity contribution in [1.29, 1.82) is 0 Å². The van der Waals surface area contributed by atoms with Crippen molar-refractivity contribution in [2.75, 3.05) is 13.3 Å².